The average molecular weight is 408 g/mol. The van der Waals surface area contributed by atoms with E-state index in [1.165, 1.54) is 0 Å². The number of anilines is 1. The lowest BCUT2D eigenvalue weighted by Gasteiger charge is -2.33. The van der Waals surface area contributed by atoms with E-state index in [1.807, 2.05) is 19.1 Å². The van der Waals surface area contributed by atoms with Crippen LogP contribution in [0.5, 0.6) is 5.75 Å². The molecule has 0 N–H and O–H groups in total. The summed E-state index contributed by atoms with van der Waals surface area (Å²) in [5.41, 5.74) is 3.10. The van der Waals surface area contributed by atoms with Crippen LogP contribution < -0.4 is 9.64 Å². The molecule has 0 spiro atoms. The first kappa shape index (κ1) is 18.6. The van der Waals surface area contributed by atoms with Crippen LogP contribution in [0, 0.1) is 6.92 Å². The van der Waals surface area contributed by atoms with Gasteiger partial charge in [0.1, 0.15) is 5.75 Å². The van der Waals surface area contributed by atoms with Crippen molar-refractivity contribution in [1.82, 2.24) is 0 Å². The van der Waals surface area contributed by atoms with Crippen LogP contribution in [0.3, 0.4) is 0 Å². The number of fused-ring (bicyclic) bond motifs is 1. The number of ether oxygens (including phenoxy) is 1. The van der Waals surface area contributed by atoms with Gasteiger partial charge < -0.3 is 9.64 Å². The molecule has 7 heteroatoms. The SMILES string of the molecule is Cc1ccc(S(=O)(=O)OC2CCN(c3cc4c(cc3Cl)CCO4)CC2)cc1. The summed E-state index contributed by atoms with van der Waals surface area (Å²) in [6.45, 7) is 3.99. The second-order valence-electron chi connectivity index (χ2n) is 7.06. The fourth-order valence-electron chi connectivity index (χ4n) is 3.56. The van der Waals surface area contributed by atoms with Crippen LogP contribution in [0.2, 0.25) is 5.02 Å². The third kappa shape index (κ3) is 3.93. The molecule has 4 rings (SSSR count). The van der Waals surface area contributed by atoms with Gasteiger partial charge in [0.15, 0.2) is 0 Å². The number of piperidine rings is 1. The Bertz CT molecular complexity index is 935. The Morgan fingerprint density at radius 1 is 1.15 bits per heavy atom. The van der Waals surface area contributed by atoms with Crippen molar-refractivity contribution in [2.75, 3.05) is 24.6 Å². The summed E-state index contributed by atoms with van der Waals surface area (Å²) in [7, 11) is -3.74. The maximum Gasteiger partial charge on any atom is 0.297 e. The molecule has 0 bridgehead atoms. The van der Waals surface area contributed by atoms with Gasteiger partial charge in [-0.15, -0.1) is 0 Å². The predicted molar refractivity (Wildman–Crippen MR) is 105 cm³/mol. The Kier molecular flexibility index (Phi) is 5.05. The molecule has 27 heavy (non-hydrogen) atoms. The summed E-state index contributed by atoms with van der Waals surface area (Å²) < 4.78 is 36.1. The number of aryl methyl sites for hydroxylation is 1. The van der Waals surface area contributed by atoms with Gasteiger partial charge in [-0.1, -0.05) is 29.3 Å². The van der Waals surface area contributed by atoms with Crippen LogP contribution in [0.15, 0.2) is 41.3 Å². The van der Waals surface area contributed by atoms with Gasteiger partial charge in [0.2, 0.25) is 0 Å². The van der Waals surface area contributed by atoms with Crippen LogP contribution in [0.4, 0.5) is 5.69 Å². The molecule has 1 fully saturated rings. The highest BCUT2D eigenvalue weighted by atomic mass is 35.5. The number of nitrogens with zero attached hydrogens (tertiary/aromatic N) is 1. The van der Waals surface area contributed by atoms with Crippen molar-refractivity contribution in [2.24, 2.45) is 0 Å². The van der Waals surface area contributed by atoms with Gasteiger partial charge in [0.25, 0.3) is 10.1 Å². The van der Waals surface area contributed by atoms with Crippen LogP contribution in [-0.4, -0.2) is 34.2 Å². The van der Waals surface area contributed by atoms with Crippen LogP contribution >= 0.6 is 11.6 Å². The second-order valence-corrected chi connectivity index (χ2v) is 9.04. The molecule has 2 aliphatic heterocycles. The zero-order chi connectivity index (χ0) is 19.0. The molecule has 0 saturated carbocycles. The van der Waals surface area contributed by atoms with Crippen LogP contribution in [-0.2, 0) is 20.7 Å². The lowest BCUT2D eigenvalue weighted by atomic mass is 10.1. The first-order chi connectivity index (χ1) is 12.9. The Hall–Kier alpha value is -1.76. The first-order valence-electron chi connectivity index (χ1n) is 9.12. The largest absolute Gasteiger partial charge is 0.493 e. The highest BCUT2D eigenvalue weighted by Gasteiger charge is 2.28. The summed E-state index contributed by atoms with van der Waals surface area (Å²) in [6, 6.07) is 10.7. The van der Waals surface area contributed by atoms with E-state index >= 15 is 0 Å². The van der Waals surface area contributed by atoms with Crippen molar-refractivity contribution in [2.45, 2.75) is 37.2 Å². The van der Waals surface area contributed by atoms with Crippen molar-refractivity contribution in [1.29, 1.82) is 0 Å². The second kappa shape index (κ2) is 7.34. The van der Waals surface area contributed by atoms with Gasteiger partial charge in [-0.3, -0.25) is 4.18 Å². The van der Waals surface area contributed by atoms with Gasteiger partial charge in [-0.2, -0.15) is 8.42 Å². The monoisotopic (exact) mass is 407 g/mol. The van der Waals surface area contributed by atoms with E-state index in [0.29, 0.717) is 37.6 Å². The molecule has 0 aliphatic carbocycles. The number of benzene rings is 2. The smallest absolute Gasteiger partial charge is 0.297 e. The average Bonchev–Trinajstić information content (AvgIpc) is 3.09. The maximum atomic E-state index is 12.5. The van der Waals surface area contributed by atoms with Crippen molar-refractivity contribution in [3.05, 3.63) is 52.5 Å². The Labute approximate surface area is 165 Å². The minimum absolute atomic E-state index is 0.203. The highest BCUT2D eigenvalue weighted by Crippen LogP contribution is 2.37. The molecular formula is C20H22ClNO4S. The third-order valence-electron chi connectivity index (χ3n) is 5.11. The van der Waals surface area contributed by atoms with E-state index in [1.54, 1.807) is 24.3 Å². The molecule has 0 radical (unpaired) electrons. The predicted octanol–water partition coefficient (Wildman–Crippen LogP) is 3.96. The lowest BCUT2D eigenvalue weighted by molar-refractivity contribution is 0.178. The highest BCUT2D eigenvalue weighted by molar-refractivity contribution is 7.86. The van der Waals surface area contributed by atoms with E-state index in [2.05, 4.69) is 4.90 Å². The summed E-state index contributed by atoms with van der Waals surface area (Å²) in [5, 5.41) is 0.714. The van der Waals surface area contributed by atoms with E-state index < -0.39 is 10.1 Å². The molecule has 2 aromatic rings. The summed E-state index contributed by atoms with van der Waals surface area (Å²) in [5.74, 6) is 0.898. The van der Waals surface area contributed by atoms with Crippen LogP contribution in [0.25, 0.3) is 0 Å². The van der Waals surface area contributed by atoms with Crippen LogP contribution in [0.1, 0.15) is 24.0 Å². The molecule has 0 amide bonds. The van der Waals surface area contributed by atoms with Crippen molar-refractivity contribution < 1.29 is 17.3 Å². The molecule has 0 aromatic heterocycles. The fraction of sp³-hybridized carbons (Fsp3) is 0.400. The summed E-state index contributed by atoms with van der Waals surface area (Å²) >= 11 is 6.45. The topological polar surface area (TPSA) is 55.8 Å². The standard InChI is InChI=1S/C20H22ClNO4S/c1-14-2-4-17(5-3-14)27(23,24)26-16-6-9-22(10-7-16)19-13-20-15(8-11-25-20)12-18(19)21/h2-5,12-13,16H,6-11H2,1H3. The number of rotatable bonds is 4. The van der Waals surface area contributed by atoms with Gasteiger partial charge in [-0.25, -0.2) is 0 Å². The van der Waals surface area contributed by atoms with Crippen molar-refractivity contribution in [3.8, 4) is 5.75 Å². The molecule has 1 saturated heterocycles. The third-order valence-corrected chi connectivity index (χ3v) is 6.79. The minimum atomic E-state index is -3.74. The van der Waals surface area contributed by atoms with Gasteiger partial charge in [0.05, 0.1) is 28.3 Å². The molecule has 144 valence electrons. The summed E-state index contributed by atoms with van der Waals surface area (Å²) in [4.78, 5) is 2.37. The molecule has 0 atom stereocenters. The quantitative estimate of drug-likeness (QED) is 0.718. The Morgan fingerprint density at radius 2 is 1.85 bits per heavy atom. The number of halogens is 1. The van der Waals surface area contributed by atoms with Crippen molar-refractivity contribution >= 4 is 27.4 Å². The zero-order valence-electron chi connectivity index (χ0n) is 15.2. The minimum Gasteiger partial charge on any atom is -0.493 e. The van der Waals surface area contributed by atoms with Gasteiger partial charge >= 0.3 is 0 Å². The molecule has 2 aromatic carbocycles. The summed E-state index contributed by atoms with van der Waals surface area (Å²) in [6.07, 6.45) is 1.82. The maximum absolute atomic E-state index is 12.5. The Morgan fingerprint density at radius 3 is 2.56 bits per heavy atom. The van der Waals surface area contributed by atoms with Gasteiger partial charge in [-0.05, 0) is 43.5 Å². The van der Waals surface area contributed by atoms with E-state index in [9.17, 15) is 8.42 Å². The first-order valence-corrected chi connectivity index (χ1v) is 10.9. The van der Waals surface area contributed by atoms with E-state index in [4.69, 9.17) is 20.5 Å². The molecule has 2 heterocycles. The molecule has 2 aliphatic rings. The normalized spacial score (nSPS) is 17.6. The number of hydrogen-bond donors (Lipinski definition) is 0. The molecular weight excluding hydrogens is 386 g/mol. The van der Waals surface area contributed by atoms with E-state index in [0.717, 1.165) is 29.0 Å². The number of hydrogen-bond acceptors (Lipinski definition) is 5. The van der Waals surface area contributed by atoms with Gasteiger partial charge in [0, 0.05) is 25.6 Å². The fourth-order valence-corrected chi connectivity index (χ4v) is 5.00. The van der Waals surface area contributed by atoms with E-state index in [-0.39, 0.29) is 11.0 Å². The zero-order valence-corrected chi connectivity index (χ0v) is 16.7. The molecule has 5 nitrogen and oxygen atoms in total. The molecule has 0 unspecified atom stereocenters. The Balaban J connectivity index is 1.41. The lowest BCUT2D eigenvalue weighted by Crippen LogP contribution is -2.38. The van der Waals surface area contributed by atoms with Crippen molar-refractivity contribution in [3.63, 3.8) is 0 Å².